The Labute approximate surface area is 200 Å². The summed E-state index contributed by atoms with van der Waals surface area (Å²) in [5, 5.41) is 0.108. The van der Waals surface area contributed by atoms with Crippen molar-refractivity contribution in [2.24, 2.45) is 0 Å². The van der Waals surface area contributed by atoms with Crippen molar-refractivity contribution in [3.63, 3.8) is 0 Å². The largest absolute Gasteiger partial charge is 0.414 e. The molecule has 0 saturated carbocycles. The second-order valence-electron chi connectivity index (χ2n) is 11.1. The van der Waals surface area contributed by atoms with E-state index in [9.17, 15) is 8.42 Å². The van der Waals surface area contributed by atoms with Gasteiger partial charge < -0.3 is 18.6 Å². The molecule has 3 rings (SSSR count). The molecular formula is C24H40O7SSi. The predicted molar refractivity (Wildman–Crippen MR) is 129 cm³/mol. The Morgan fingerprint density at radius 3 is 2.18 bits per heavy atom. The van der Waals surface area contributed by atoms with Crippen LogP contribution in [0.15, 0.2) is 29.2 Å². The number of fused-ring (bicyclic) bond motifs is 1. The first-order valence-corrected chi connectivity index (χ1v) is 16.0. The molecule has 2 heterocycles. The van der Waals surface area contributed by atoms with Gasteiger partial charge in [-0.1, -0.05) is 38.5 Å². The molecule has 1 aromatic rings. The molecule has 33 heavy (non-hydrogen) atoms. The van der Waals surface area contributed by atoms with Crippen LogP contribution in [-0.4, -0.2) is 60.2 Å². The Morgan fingerprint density at radius 1 is 1.03 bits per heavy atom. The van der Waals surface area contributed by atoms with E-state index in [0.29, 0.717) is 19.4 Å². The highest BCUT2D eigenvalue weighted by molar-refractivity contribution is 7.86. The molecule has 2 saturated heterocycles. The number of ether oxygens (including phenoxy) is 3. The van der Waals surface area contributed by atoms with Crippen LogP contribution in [0.1, 0.15) is 53.0 Å². The number of hydrogen-bond acceptors (Lipinski definition) is 7. The van der Waals surface area contributed by atoms with E-state index >= 15 is 0 Å². The summed E-state index contributed by atoms with van der Waals surface area (Å²) in [6, 6.07) is 6.64. The minimum absolute atomic E-state index is 0.0862. The highest BCUT2D eigenvalue weighted by Crippen LogP contribution is 2.42. The summed E-state index contributed by atoms with van der Waals surface area (Å²) >= 11 is 0. The lowest BCUT2D eigenvalue weighted by atomic mass is 10.0. The second kappa shape index (κ2) is 9.68. The van der Waals surface area contributed by atoms with Gasteiger partial charge in [-0.25, -0.2) is 0 Å². The summed E-state index contributed by atoms with van der Waals surface area (Å²) < 4.78 is 55.1. The van der Waals surface area contributed by atoms with Crippen molar-refractivity contribution in [1.29, 1.82) is 0 Å². The molecular weight excluding hydrogens is 460 g/mol. The number of rotatable bonds is 9. The molecule has 4 atom stereocenters. The van der Waals surface area contributed by atoms with Gasteiger partial charge in [-0.3, -0.25) is 4.18 Å². The quantitative estimate of drug-likeness (QED) is 0.274. The van der Waals surface area contributed by atoms with Gasteiger partial charge in [0.1, 0.15) is 18.3 Å². The van der Waals surface area contributed by atoms with Crippen LogP contribution in [0.5, 0.6) is 0 Å². The molecule has 1 aromatic carbocycles. The average Bonchev–Trinajstić information content (AvgIpc) is 3.16. The lowest BCUT2D eigenvalue weighted by Gasteiger charge is -2.37. The van der Waals surface area contributed by atoms with Gasteiger partial charge in [0, 0.05) is 0 Å². The van der Waals surface area contributed by atoms with Crippen molar-refractivity contribution in [2.75, 3.05) is 13.2 Å². The summed E-state index contributed by atoms with van der Waals surface area (Å²) in [5.41, 5.74) is 0.996. The van der Waals surface area contributed by atoms with Crippen LogP contribution < -0.4 is 0 Å². The van der Waals surface area contributed by atoms with Crippen molar-refractivity contribution in [1.82, 2.24) is 0 Å². The molecule has 0 spiro atoms. The lowest BCUT2D eigenvalue weighted by Crippen LogP contribution is -2.44. The van der Waals surface area contributed by atoms with Crippen LogP contribution >= 0.6 is 0 Å². The molecule has 2 fully saturated rings. The fourth-order valence-electron chi connectivity index (χ4n) is 3.87. The highest BCUT2D eigenvalue weighted by Gasteiger charge is 2.55. The maximum atomic E-state index is 12.4. The third-order valence-electron chi connectivity index (χ3n) is 6.84. The fraction of sp³-hybridized carbons (Fsp3) is 0.750. The monoisotopic (exact) mass is 500 g/mol. The molecule has 2 aliphatic rings. The van der Waals surface area contributed by atoms with E-state index in [1.807, 2.05) is 20.8 Å². The van der Waals surface area contributed by atoms with Gasteiger partial charge >= 0.3 is 0 Å². The van der Waals surface area contributed by atoms with Crippen LogP contribution in [0, 0.1) is 6.92 Å². The molecule has 0 bridgehead atoms. The van der Waals surface area contributed by atoms with Gasteiger partial charge in [0.2, 0.25) is 0 Å². The Morgan fingerprint density at radius 2 is 1.61 bits per heavy atom. The van der Waals surface area contributed by atoms with Crippen LogP contribution in [0.3, 0.4) is 0 Å². The first-order chi connectivity index (χ1) is 15.1. The smallest absolute Gasteiger partial charge is 0.296 e. The number of hydrogen-bond donors (Lipinski definition) is 0. The van der Waals surface area contributed by atoms with Crippen molar-refractivity contribution in [3.05, 3.63) is 29.8 Å². The molecule has 0 N–H and O–H groups in total. The van der Waals surface area contributed by atoms with Crippen LogP contribution in [-0.2, 0) is 32.9 Å². The minimum Gasteiger partial charge on any atom is -0.414 e. The van der Waals surface area contributed by atoms with Gasteiger partial charge in [-0.2, -0.15) is 8.42 Å². The summed E-state index contributed by atoms with van der Waals surface area (Å²) in [6.07, 6.45) is 0.316. The normalized spacial score (nSPS) is 27.6. The standard InChI is InChI=1S/C24H40O7SSi/c1-17-11-13-18(14-12-17)32(25,26)27-15-9-10-19-21-22(31-24(5,6)30-21)20(29-19)16-28-33(7,8)23(2,3)4/h11-14,19-22H,9-10,15-16H2,1-8H3/t19-,20-,21+,22-/m1/s1. The molecule has 0 radical (unpaired) electrons. The first-order valence-electron chi connectivity index (χ1n) is 11.7. The molecule has 0 amide bonds. The van der Waals surface area contributed by atoms with E-state index in [0.717, 1.165) is 5.56 Å². The molecule has 9 heteroatoms. The summed E-state index contributed by atoms with van der Waals surface area (Å²) in [4.78, 5) is 0.169. The summed E-state index contributed by atoms with van der Waals surface area (Å²) in [7, 11) is -5.70. The number of benzene rings is 1. The van der Waals surface area contributed by atoms with Gasteiger partial charge in [-0.05, 0) is 63.9 Å². The van der Waals surface area contributed by atoms with E-state index < -0.39 is 24.2 Å². The van der Waals surface area contributed by atoms with Gasteiger partial charge in [0.15, 0.2) is 14.1 Å². The number of aryl methyl sites for hydroxylation is 1. The topological polar surface area (TPSA) is 80.3 Å². The zero-order chi connectivity index (χ0) is 24.7. The minimum atomic E-state index is -3.77. The maximum Gasteiger partial charge on any atom is 0.296 e. The highest BCUT2D eigenvalue weighted by atomic mass is 32.2. The summed E-state index contributed by atoms with van der Waals surface area (Å²) in [5.74, 6) is -0.683. The first kappa shape index (κ1) is 26.8. The van der Waals surface area contributed by atoms with E-state index in [1.54, 1.807) is 24.3 Å². The molecule has 2 aliphatic heterocycles. The molecule has 188 valence electrons. The van der Waals surface area contributed by atoms with Crippen molar-refractivity contribution in [3.8, 4) is 0 Å². The zero-order valence-electron chi connectivity index (χ0n) is 21.2. The average molecular weight is 501 g/mol. The lowest BCUT2D eigenvalue weighted by molar-refractivity contribution is -0.190. The van der Waals surface area contributed by atoms with Crippen molar-refractivity contribution >= 4 is 18.4 Å². The van der Waals surface area contributed by atoms with E-state index in [2.05, 4.69) is 33.9 Å². The van der Waals surface area contributed by atoms with Crippen molar-refractivity contribution < 1.29 is 31.2 Å². The van der Waals surface area contributed by atoms with E-state index in [-0.39, 0.29) is 41.0 Å². The molecule has 0 unspecified atom stereocenters. The van der Waals surface area contributed by atoms with Gasteiger partial charge in [0.05, 0.1) is 24.2 Å². The Kier molecular flexibility index (Phi) is 7.86. The molecule has 0 aliphatic carbocycles. The maximum absolute atomic E-state index is 12.4. The second-order valence-corrected chi connectivity index (χ2v) is 17.5. The van der Waals surface area contributed by atoms with E-state index in [1.165, 1.54) is 0 Å². The zero-order valence-corrected chi connectivity index (χ0v) is 23.0. The predicted octanol–water partition coefficient (Wildman–Crippen LogP) is 4.79. The van der Waals surface area contributed by atoms with Crippen LogP contribution in [0.4, 0.5) is 0 Å². The van der Waals surface area contributed by atoms with Gasteiger partial charge in [0.25, 0.3) is 10.1 Å². The van der Waals surface area contributed by atoms with Crippen molar-refractivity contribution in [2.45, 2.75) is 108 Å². The Bertz CT molecular complexity index is 906. The van der Waals surface area contributed by atoms with Crippen LogP contribution in [0.2, 0.25) is 18.1 Å². The van der Waals surface area contributed by atoms with Crippen LogP contribution in [0.25, 0.3) is 0 Å². The molecule has 7 nitrogen and oxygen atoms in total. The SMILES string of the molecule is Cc1ccc(S(=O)(=O)OCCC[C@H]2O[C@H](CO[Si](C)(C)C(C)(C)C)[C@H]3OC(C)(C)O[C@H]32)cc1. The fourth-order valence-corrected chi connectivity index (χ4v) is 5.83. The third-order valence-corrected chi connectivity index (χ3v) is 12.7. The van der Waals surface area contributed by atoms with E-state index in [4.69, 9.17) is 22.8 Å². The molecule has 0 aromatic heterocycles. The summed E-state index contributed by atoms with van der Waals surface area (Å²) in [6.45, 7) is 17.4. The van der Waals surface area contributed by atoms with Gasteiger partial charge in [-0.15, -0.1) is 0 Å². The third kappa shape index (κ3) is 6.45. The Hall–Kier alpha value is -0.813. The Balaban J connectivity index is 1.56.